The number of piperidine rings is 1. The maximum absolute atomic E-state index is 11.7. The van der Waals surface area contributed by atoms with Gasteiger partial charge in [0, 0.05) is 25.6 Å². The molecule has 2 aliphatic rings. The summed E-state index contributed by atoms with van der Waals surface area (Å²) in [5.74, 6) is 3.52. The highest BCUT2D eigenvalue weighted by atomic mass is 16.3. The summed E-state index contributed by atoms with van der Waals surface area (Å²) in [6, 6.07) is 2.13. The second-order valence-electron chi connectivity index (χ2n) is 6.10. The van der Waals surface area contributed by atoms with Crippen LogP contribution in [0, 0.1) is 31.6 Å². The summed E-state index contributed by atoms with van der Waals surface area (Å²) in [6.07, 6.45) is 0. The maximum atomic E-state index is 11.7. The molecule has 3 heterocycles. The van der Waals surface area contributed by atoms with Crippen molar-refractivity contribution in [2.45, 2.75) is 27.3 Å². The first-order valence-electron chi connectivity index (χ1n) is 7.10. The van der Waals surface area contributed by atoms with E-state index in [0.29, 0.717) is 11.8 Å². The van der Waals surface area contributed by atoms with E-state index in [9.17, 15) is 4.79 Å². The Bertz CT molecular complexity index is 475. The number of likely N-dealkylation sites (tertiary alicyclic amines) is 1. The quantitative estimate of drug-likeness (QED) is 0.882. The Morgan fingerprint density at radius 3 is 2.89 bits per heavy atom. The van der Waals surface area contributed by atoms with Crippen LogP contribution in [-0.2, 0) is 11.3 Å². The number of aryl methyl sites for hydroxylation is 2. The molecular weight excluding hydrogens is 240 g/mol. The van der Waals surface area contributed by atoms with Crippen LogP contribution in [0.15, 0.2) is 10.5 Å². The van der Waals surface area contributed by atoms with E-state index in [-0.39, 0.29) is 11.8 Å². The molecule has 2 fully saturated rings. The van der Waals surface area contributed by atoms with Gasteiger partial charge in [0.1, 0.15) is 11.5 Å². The first-order chi connectivity index (χ1) is 9.04. The highest BCUT2D eigenvalue weighted by Gasteiger charge is 2.41. The van der Waals surface area contributed by atoms with Crippen LogP contribution >= 0.6 is 0 Å². The molecule has 2 aliphatic heterocycles. The fourth-order valence-electron chi connectivity index (χ4n) is 3.44. The molecule has 1 aromatic rings. The topological polar surface area (TPSA) is 45.5 Å². The largest absolute Gasteiger partial charge is 0.465 e. The van der Waals surface area contributed by atoms with Crippen molar-refractivity contribution in [1.29, 1.82) is 0 Å². The highest BCUT2D eigenvalue weighted by Crippen LogP contribution is 2.33. The zero-order chi connectivity index (χ0) is 13.6. The van der Waals surface area contributed by atoms with E-state index in [1.807, 2.05) is 6.92 Å². The van der Waals surface area contributed by atoms with Gasteiger partial charge in [0.25, 0.3) is 0 Å². The molecule has 1 amide bonds. The number of rotatable bonds is 2. The molecule has 0 unspecified atom stereocenters. The minimum absolute atomic E-state index is 0.142. The van der Waals surface area contributed by atoms with E-state index in [1.165, 1.54) is 5.56 Å². The van der Waals surface area contributed by atoms with Crippen LogP contribution in [-0.4, -0.2) is 30.4 Å². The molecule has 104 valence electrons. The van der Waals surface area contributed by atoms with Crippen molar-refractivity contribution in [3.05, 3.63) is 23.2 Å². The van der Waals surface area contributed by atoms with E-state index in [4.69, 9.17) is 4.42 Å². The van der Waals surface area contributed by atoms with Crippen molar-refractivity contribution in [3.63, 3.8) is 0 Å². The van der Waals surface area contributed by atoms with Gasteiger partial charge in [-0.1, -0.05) is 6.92 Å². The number of hydrogen-bond acceptors (Lipinski definition) is 3. The first kappa shape index (κ1) is 12.7. The third kappa shape index (κ3) is 2.29. The number of amides is 1. The van der Waals surface area contributed by atoms with Gasteiger partial charge in [0.2, 0.25) is 5.91 Å². The Morgan fingerprint density at radius 1 is 1.42 bits per heavy atom. The van der Waals surface area contributed by atoms with Crippen molar-refractivity contribution in [3.8, 4) is 0 Å². The molecule has 3 atom stereocenters. The zero-order valence-corrected chi connectivity index (χ0v) is 11.9. The van der Waals surface area contributed by atoms with Crippen molar-refractivity contribution in [2.75, 3.05) is 19.6 Å². The lowest BCUT2D eigenvalue weighted by Crippen LogP contribution is -2.46. The van der Waals surface area contributed by atoms with Crippen LogP contribution in [0.3, 0.4) is 0 Å². The summed E-state index contributed by atoms with van der Waals surface area (Å²) in [4.78, 5) is 14.1. The van der Waals surface area contributed by atoms with Crippen LogP contribution in [0.25, 0.3) is 0 Å². The molecule has 3 rings (SSSR count). The van der Waals surface area contributed by atoms with Gasteiger partial charge in [-0.3, -0.25) is 9.69 Å². The molecule has 0 aliphatic carbocycles. The number of nitrogens with one attached hydrogen (secondary N) is 1. The number of carbonyl (C=O) groups excluding carboxylic acids is 1. The van der Waals surface area contributed by atoms with Gasteiger partial charge >= 0.3 is 0 Å². The second kappa shape index (κ2) is 4.67. The van der Waals surface area contributed by atoms with Crippen molar-refractivity contribution in [1.82, 2.24) is 10.2 Å². The lowest BCUT2D eigenvalue weighted by Gasteiger charge is -2.30. The summed E-state index contributed by atoms with van der Waals surface area (Å²) >= 11 is 0. The summed E-state index contributed by atoms with van der Waals surface area (Å²) in [7, 11) is 0. The van der Waals surface area contributed by atoms with Gasteiger partial charge in [-0.05, 0) is 37.3 Å². The van der Waals surface area contributed by atoms with Crippen molar-refractivity contribution in [2.24, 2.45) is 17.8 Å². The molecular formula is C15H22N2O2. The number of carbonyl (C=O) groups is 1. The second-order valence-corrected chi connectivity index (χ2v) is 6.10. The Morgan fingerprint density at radius 2 is 2.21 bits per heavy atom. The Labute approximate surface area is 114 Å². The molecule has 1 N–H and O–H groups in total. The molecule has 4 heteroatoms. The highest BCUT2D eigenvalue weighted by molar-refractivity contribution is 5.79. The Kier molecular flexibility index (Phi) is 3.13. The van der Waals surface area contributed by atoms with Crippen molar-refractivity contribution < 1.29 is 9.21 Å². The minimum atomic E-state index is 0.142. The Balaban J connectivity index is 1.67. The van der Waals surface area contributed by atoms with Crippen LogP contribution in [0.5, 0.6) is 0 Å². The third-order valence-electron chi connectivity index (χ3n) is 4.76. The van der Waals surface area contributed by atoms with Crippen LogP contribution < -0.4 is 5.32 Å². The average Bonchev–Trinajstić information content (AvgIpc) is 2.89. The van der Waals surface area contributed by atoms with Gasteiger partial charge in [-0.25, -0.2) is 0 Å². The SMILES string of the molecule is Cc1cc(CN2C[C@@H]3CNC(=O)[C@H](C)[C@@H]3C2)oc1C. The number of furan rings is 1. The summed E-state index contributed by atoms with van der Waals surface area (Å²) in [5, 5.41) is 3.01. The molecule has 0 spiro atoms. The zero-order valence-electron chi connectivity index (χ0n) is 11.9. The fraction of sp³-hybridized carbons (Fsp3) is 0.667. The molecule has 19 heavy (non-hydrogen) atoms. The van der Waals surface area contributed by atoms with Gasteiger partial charge in [-0.15, -0.1) is 0 Å². The third-order valence-corrected chi connectivity index (χ3v) is 4.76. The normalized spacial score (nSPS) is 31.3. The van der Waals surface area contributed by atoms with Crippen LogP contribution in [0.2, 0.25) is 0 Å². The van der Waals surface area contributed by atoms with Gasteiger partial charge < -0.3 is 9.73 Å². The van der Waals surface area contributed by atoms with E-state index in [1.54, 1.807) is 0 Å². The molecule has 4 nitrogen and oxygen atoms in total. The Hall–Kier alpha value is -1.29. The molecule has 1 aromatic heterocycles. The van der Waals surface area contributed by atoms with Crippen LogP contribution in [0.1, 0.15) is 24.0 Å². The van der Waals surface area contributed by atoms with Gasteiger partial charge in [-0.2, -0.15) is 0 Å². The monoisotopic (exact) mass is 262 g/mol. The molecule has 0 saturated carbocycles. The summed E-state index contributed by atoms with van der Waals surface area (Å²) in [6.45, 7) is 9.91. The first-order valence-corrected chi connectivity index (χ1v) is 7.10. The number of nitrogens with zero attached hydrogens (tertiary/aromatic N) is 1. The smallest absolute Gasteiger partial charge is 0.223 e. The van der Waals surface area contributed by atoms with E-state index < -0.39 is 0 Å². The lowest BCUT2D eigenvalue weighted by atomic mass is 9.81. The van der Waals surface area contributed by atoms with E-state index >= 15 is 0 Å². The maximum Gasteiger partial charge on any atom is 0.223 e. The van der Waals surface area contributed by atoms with Crippen molar-refractivity contribution >= 4 is 5.91 Å². The lowest BCUT2D eigenvalue weighted by molar-refractivity contribution is -0.128. The summed E-state index contributed by atoms with van der Waals surface area (Å²) in [5.41, 5.74) is 1.22. The van der Waals surface area contributed by atoms with Gasteiger partial charge in [0.15, 0.2) is 0 Å². The standard InChI is InChI=1S/C15H22N2O2/c1-9-4-13(19-11(9)3)7-17-6-12-5-16-15(18)10(2)14(12)8-17/h4,10,12,14H,5-8H2,1-3H3,(H,16,18)/t10-,12+,14+/m1/s1. The fourth-order valence-corrected chi connectivity index (χ4v) is 3.44. The summed E-state index contributed by atoms with van der Waals surface area (Å²) < 4.78 is 5.75. The molecule has 0 bridgehead atoms. The number of fused-ring (bicyclic) bond motifs is 1. The average molecular weight is 262 g/mol. The van der Waals surface area contributed by atoms with Crippen LogP contribution in [0.4, 0.5) is 0 Å². The molecule has 2 saturated heterocycles. The predicted molar refractivity (Wildman–Crippen MR) is 72.6 cm³/mol. The molecule has 0 aromatic carbocycles. The molecule has 0 radical (unpaired) electrons. The number of hydrogen-bond donors (Lipinski definition) is 1. The predicted octanol–water partition coefficient (Wildman–Crippen LogP) is 1.71. The van der Waals surface area contributed by atoms with Gasteiger partial charge in [0.05, 0.1) is 6.54 Å². The van der Waals surface area contributed by atoms with E-state index in [0.717, 1.165) is 37.7 Å². The minimum Gasteiger partial charge on any atom is -0.465 e. The van der Waals surface area contributed by atoms with E-state index in [2.05, 4.69) is 30.1 Å².